The van der Waals surface area contributed by atoms with Crippen molar-refractivity contribution in [3.05, 3.63) is 45.1 Å². The SMILES string of the molecule is COc1ccc(NCCN2N=C(C)Cn3c2nc2c3c(=O)n(C)c(=O)n2C)cc1. The molecule has 0 atom stereocenters. The van der Waals surface area contributed by atoms with Gasteiger partial charge in [-0.3, -0.25) is 18.5 Å². The van der Waals surface area contributed by atoms with Gasteiger partial charge in [-0.25, -0.2) is 9.80 Å². The average Bonchev–Trinajstić information content (AvgIpc) is 3.10. The molecule has 10 nitrogen and oxygen atoms in total. The van der Waals surface area contributed by atoms with Gasteiger partial charge in [0.25, 0.3) is 5.56 Å². The van der Waals surface area contributed by atoms with Crippen LogP contribution in [0.5, 0.6) is 5.75 Å². The number of methoxy groups -OCH3 is 1. The Morgan fingerprint density at radius 2 is 1.86 bits per heavy atom. The summed E-state index contributed by atoms with van der Waals surface area (Å²) < 4.78 is 9.49. The fraction of sp³-hybridized carbons (Fsp3) is 0.368. The predicted molar refractivity (Wildman–Crippen MR) is 112 cm³/mol. The zero-order chi connectivity index (χ0) is 20.7. The van der Waals surface area contributed by atoms with Crippen LogP contribution in [0.25, 0.3) is 11.2 Å². The molecule has 3 heterocycles. The first-order valence-electron chi connectivity index (χ1n) is 9.26. The van der Waals surface area contributed by atoms with Crippen LogP contribution in [0.2, 0.25) is 0 Å². The normalized spacial score (nSPS) is 13.4. The molecule has 0 bridgehead atoms. The number of anilines is 2. The van der Waals surface area contributed by atoms with E-state index in [-0.39, 0.29) is 5.56 Å². The Labute approximate surface area is 166 Å². The number of hydrogen-bond donors (Lipinski definition) is 1. The van der Waals surface area contributed by atoms with Crippen molar-refractivity contribution in [3.63, 3.8) is 0 Å². The summed E-state index contributed by atoms with van der Waals surface area (Å²) in [6.07, 6.45) is 0. The lowest BCUT2D eigenvalue weighted by molar-refractivity contribution is 0.415. The number of hydrazone groups is 1. The van der Waals surface area contributed by atoms with Gasteiger partial charge in [0.2, 0.25) is 5.95 Å². The molecule has 2 aromatic heterocycles. The van der Waals surface area contributed by atoms with Crippen molar-refractivity contribution in [2.45, 2.75) is 13.5 Å². The molecule has 0 saturated heterocycles. The summed E-state index contributed by atoms with van der Waals surface area (Å²) in [5.74, 6) is 1.35. The molecular formula is C19H23N7O3. The van der Waals surface area contributed by atoms with Crippen molar-refractivity contribution in [1.82, 2.24) is 18.7 Å². The van der Waals surface area contributed by atoms with E-state index in [1.807, 2.05) is 35.8 Å². The molecule has 0 aliphatic carbocycles. The van der Waals surface area contributed by atoms with E-state index in [1.54, 1.807) is 19.2 Å². The van der Waals surface area contributed by atoms with Crippen LogP contribution in [0.15, 0.2) is 39.0 Å². The van der Waals surface area contributed by atoms with Crippen LogP contribution in [0.1, 0.15) is 6.92 Å². The highest BCUT2D eigenvalue weighted by atomic mass is 16.5. The molecule has 1 aromatic carbocycles. The maximum atomic E-state index is 12.7. The summed E-state index contributed by atoms with van der Waals surface area (Å²) in [5.41, 5.74) is 1.85. The highest BCUT2D eigenvalue weighted by Gasteiger charge is 2.25. The van der Waals surface area contributed by atoms with Gasteiger partial charge in [-0.05, 0) is 31.2 Å². The molecule has 3 aromatic rings. The van der Waals surface area contributed by atoms with Gasteiger partial charge in [-0.15, -0.1) is 0 Å². The number of rotatable bonds is 5. The Morgan fingerprint density at radius 3 is 2.55 bits per heavy atom. The molecule has 0 saturated carbocycles. The summed E-state index contributed by atoms with van der Waals surface area (Å²) in [6.45, 7) is 3.52. The smallest absolute Gasteiger partial charge is 0.332 e. The van der Waals surface area contributed by atoms with Crippen molar-refractivity contribution < 1.29 is 4.74 Å². The van der Waals surface area contributed by atoms with Gasteiger partial charge in [0.15, 0.2) is 11.2 Å². The van der Waals surface area contributed by atoms with Crippen molar-refractivity contribution in [1.29, 1.82) is 0 Å². The number of benzene rings is 1. The highest BCUT2D eigenvalue weighted by molar-refractivity contribution is 5.87. The summed E-state index contributed by atoms with van der Waals surface area (Å²) >= 11 is 0. The molecule has 0 unspecified atom stereocenters. The van der Waals surface area contributed by atoms with E-state index in [9.17, 15) is 9.59 Å². The van der Waals surface area contributed by atoms with Crippen LogP contribution in [0.3, 0.4) is 0 Å². The lowest BCUT2D eigenvalue weighted by atomic mass is 10.3. The molecule has 1 N–H and O–H groups in total. The lowest BCUT2D eigenvalue weighted by Crippen LogP contribution is -2.38. The third kappa shape index (κ3) is 3.16. The first kappa shape index (κ1) is 18.8. The molecule has 0 amide bonds. The number of hydrogen-bond acceptors (Lipinski definition) is 7. The van der Waals surface area contributed by atoms with E-state index in [2.05, 4.69) is 15.4 Å². The highest BCUT2D eigenvalue weighted by Crippen LogP contribution is 2.23. The molecule has 29 heavy (non-hydrogen) atoms. The second-order valence-electron chi connectivity index (χ2n) is 6.99. The largest absolute Gasteiger partial charge is 0.497 e. The van der Waals surface area contributed by atoms with Gasteiger partial charge in [0.05, 0.1) is 25.9 Å². The Morgan fingerprint density at radius 1 is 1.14 bits per heavy atom. The van der Waals surface area contributed by atoms with Crippen molar-refractivity contribution in [2.75, 3.05) is 30.5 Å². The van der Waals surface area contributed by atoms with Gasteiger partial charge in [-0.1, -0.05) is 0 Å². The van der Waals surface area contributed by atoms with Crippen LogP contribution in [-0.4, -0.2) is 44.6 Å². The van der Waals surface area contributed by atoms with Crippen LogP contribution in [0.4, 0.5) is 11.6 Å². The standard InChI is InChI=1S/C19H23N7O3/c1-12-11-25-15-16(23(2)19(28)24(3)17(15)27)21-18(25)26(22-12)10-9-20-13-5-7-14(29-4)8-6-13/h5-8,20H,9-11H2,1-4H3. The van der Waals surface area contributed by atoms with E-state index < -0.39 is 5.69 Å². The molecule has 10 heteroatoms. The van der Waals surface area contributed by atoms with Crippen LogP contribution < -0.4 is 26.3 Å². The van der Waals surface area contributed by atoms with E-state index in [1.165, 1.54) is 11.6 Å². The molecule has 152 valence electrons. The maximum Gasteiger partial charge on any atom is 0.332 e. The van der Waals surface area contributed by atoms with E-state index in [0.29, 0.717) is 36.7 Å². The van der Waals surface area contributed by atoms with Crippen LogP contribution in [0, 0.1) is 0 Å². The fourth-order valence-electron chi connectivity index (χ4n) is 3.46. The van der Waals surface area contributed by atoms with Crippen LogP contribution >= 0.6 is 0 Å². The number of nitrogens with zero attached hydrogens (tertiary/aromatic N) is 6. The summed E-state index contributed by atoms with van der Waals surface area (Å²) in [4.78, 5) is 29.5. The minimum atomic E-state index is -0.400. The van der Waals surface area contributed by atoms with Crippen molar-refractivity contribution >= 4 is 28.5 Å². The number of ether oxygens (including phenoxy) is 1. The zero-order valence-electron chi connectivity index (χ0n) is 16.8. The number of aryl methyl sites for hydroxylation is 1. The Hall–Kier alpha value is -3.56. The Balaban J connectivity index is 1.63. The van der Waals surface area contributed by atoms with Crippen LogP contribution in [-0.2, 0) is 20.6 Å². The Kier molecular flexibility index (Phi) is 4.61. The summed E-state index contributed by atoms with van der Waals surface area (Å²) in [5, 5.41) is 9.69. The second-order valence-corrected chi connectivity index (χ2v) is 6.99. The van der Waals surface area contributed by atoms with Gasteiger partial charge < -0.3 is 10.1 Å². The number of fused-ring (bicyclic) bond motifs is 3. The predicted octanol–water partition coefficient (Wildman–Crippen LogP) is 0.750. The third-order valence-electron chi connectivity index (χ3n) is 4.98. The van der Waals surface area contributed by atoms with E-state index in [0.717, 1.165) is 21.7 Å². The topological polar surface area (TPSA) is 98.7 Å². The molecule has 0 radical (unpaired) electrons. The Bertz CT molecular complexity index is 1220. The van der Waals surface area contributed by atoms with Crippen molar-refractivity contribution in [2.24, 2.45) is 19.2 Å². The maximum absolute atomic E-state index is 12.7. The van der Waals surface area contributed by atoms with Gasteiger partial charge in [0, 0.05) is 26.3 Å². The molecular weight excluding hydrogens is 374 g/mol. The number of nitrogens with one attached hydrogen (secondary N) is 1. The molecule has 1 aliphatic rings. The minimum absolute atomic E-state index is 0.354. The fourth-order valence-corrected chi connectivity index (χ4v) is 3.46. The van der Waals surface area contributed by atoms with Gasteiger partial charge in [0.1, 0.15) is 5.75 Å². The monoisotopic (exact) mass is 397 g/mol. The first-order chi connectivity index (χ1) is 13.9. The summed E-state index contributed by atoms with van der Waals surface area (Å²) in [6, 6.07) is 7.67. The number of imidazole rings is 1. The van der Waals surface area contributed by atoms with E-state index >= 15 is 0 Å². The number of aromatic nitrogens is 4. The quantitative estimate of drug-likeness (QED) is 0.682. The minimum Gasteiger partial charge on any atom is -0.497 e. The zero-order valence-corrected chi connectivity index (χ0v) is 16.8. The van der Waals surface area contributed by atoms with Crippen molar-refractivity contribution in [3.8, 4) is 5.75 Å². The molecule has 4 rings (SSSR count). The lowest BCUT2D eigenvalue weighted by Gasteiger charge is -2.25. The third-order valence-corrected chi connectivity index (χ3v) is 4.98. The van der Waals surface area contributed by atoms with Gasteiger partial charge >= 0.3 is 5.69 Å². The molecule has 0 spiro atoms. The molecule has 0 fully saturated rings. The van der Waals surface area contributed by atoms with Gasteiger partial charge in [-0.2, -0.15) is 10.1 Å². The first-order valence-corrected chi connectivity index (χ1v) is 9.26. The summed E-state index contributed by atoms with van der Waals surface area (Å²) in [7, 11) is 4.73. The molecule has 1 aliphatic heterocycles. The second kappa shape index (κ2) is 7.12. The van der Waals surface area contributed by atoms with E-state index in [4.69, 9.17) is 4.74 Å². The average molecular weight is 397 g/mol.